The van der Waals surface area contributed by atoms with E-state index in [-0.39, 0.29) is 5.41 Å². The number of hydrogen-bond acceptors (Lipinski definition) is 4. The second-order valence-corrected chi connectivity index (χ2v) is 14.2. The van der Waals surface area contributed by atoms with Gasteiger partial charge in [-0.05, 0) is 141 Å². The number of aromatic hydroxyl groups is 1. The lowest BCUT2D eigenvalue weighted by Gasteiger charge is -2.21. The summed E-state index contributed by atoms with van der Waals surface area (Å²) >= 11 is 0. The minimum absolute atomic E-state index is 0.209. The van der Waals surface area contributed by atoms with Gasteiger partial charge in [0.1, 0.15) is 11.5 Å². The molecule has 0 amide bonds. The van der Waals surface area contributed by atoms with Crippen LogP contribution < -0.4 is 4.74 Å². The van der Waals surface area contributed by atoms with Gasteiger partial charge in [-0.3, -0.25) is 4.98 Å². The number of pyridine rings is 2. The fraction of sp³-hybridized carbons (Fsp3) is 0.106. The van der Waals surface area contributed by atoms with Crippen LogP contribution in [0, 0.1) is 5.41 Å². The molecule has 2 aliphatic carbocycles. The molecule has 0 aliphatic heterocycles. The van der Waals surface area contributed by atoms with Crippen molar-refractivity contribution >= 4 is 21.5 Å². The number of phenolic OH excluding ortho intramolecular Hbond substituents is 1. The van der Waals surface area contributed by atoms with Crippen molar-refractivity contribution in [3.05, 3.63) is 174 Å². The van der Waals surface area contributed by atoms with E-state index >= 15 is 0 Å². The summed E-state index contributed by atoms with van der Waals surface area (Å²) in [7, 11) is 0. The van der Waals surface area contributed by atoms with Crippen LogP contribution in [0.5, 0.6) is 17.4 Å². The van der Waals surface area contributed by atoms with E-state index in [0.29, 0.717) is 17.4 Å². The van der Waals surface area contributed by atoms with Crippen LogP contribution >= 0.6 is 0 Å². The van der Waals surface area contributed by atoms with Gasteiger partial charge in [0.25, 0.3) is 0 Å². The van der Waals surface area contributed by atoms with Crippen molar-refractivity contribution in [2.75, 3.05) is 0 Å². The molecule has 8 aromatic rings. The Morgan fingerprint density at radius 2 is 1.24 bits per heavy atom. The molecule has 0 unspecified atom stereocenters. The van der Waals surface area contributed by atoms with E-state index in [4.69, 9.17) is 9.72 Å². The smallest absolute Gasteiger partial charge is 0.227 e. The number of fused-ring (bicyclic) bond motifs is 5. The number of aromatic nitrogens is 2. The van der Waals surface area contributed by atoms with Crippen molar-refractivity contribution in [3.8, 4) is 51.0 Å². The van der Waals surface area contributed by atoms with Crippen LogP contribution in [-0.2, 0) is 25.7 Å². The normalized spacial score (nSPS) is 14.2. The average molecular weight is 659 g/mol. The van der Waals surface area contributed by atoms with Crippen LogP contribution in [0.25, 0.3) is 55.2 Å². The quantitative estimate of drug-likeness (QED) is 0.187. The molecule has 4 heteroatoms. The topological polar surface area (TPSA) is 55.2 Å². The largest absolute Gasteiger partial charge is 0.507 e. The molecule has 2 heterocycles. The number of nitrogens with zero attached hydrogens (tertiary/aromatic N) is 2. The molecule has 0 bridgehead atoms. The Balaban J connectivity index is 1.02. The molecule has 0 saturated carbocycles. The molecule has 1 spiro atoms. The van der Waals surface area contributed by atoms with Crippen LogP contribution in [-0.4, -0.2) is 15.1 Å². The minimum atomic E-state index is 0.209. The Hall–Kier alpha value is -6.26. The summed E-state index contributed by atoms with van der Waals surface area (Å²) < 4.78 is 6.68. The third-order valence-electron chi connectivity index (χ3n) is 10.9. The molecule has 10 rings (SSSR count). The van der Waals surface area contributed by atoms with Crippen LogP contribution in [0.15, 0.2) is 152 Å². The van der Waals surface area contributed by atoms with E-state index in [9.17, 15) is 5.11 Å². The van der Waals surface area contributed by atoms with E-state index in [1.165, 1.54) is 33.4 Å². The first kappa shape index (κ1) is 29.6. The van der Waals surface area contributed by atoms with Gasteiger partial charge in [-0.15, -0.1) is 0 Å². The zero-order valence-corrected chi connectivity index (χ0v) is 28.0. The predicted molar refractivity (Wildman–Crippen MR) is 205 cm³/mol. The first-order valence-corrected chi connectivity index (χ1v) is 17.6. The maximum absolute atomic E-state index is 11.4. The highest BCUT2D eigenvalue weighted by Gasteiger charge is 2.42. The van der Waals surface area contributed by atoms with Gasteiger partial charge in [0.2, 0.25) is 5.88 Å². The number of phenols is 1. The molecule has 1 N–H and O–H groups in total. The summed E-state index contributed by atoms with van der Waals surface area (Å²) in [5.74, 6) is 1.47. The Kier molecular flexibility index (Phi) is 6.78. The number of rotatable bonds is 5. The summed E-state index contributed by atoms with van der Waals surface area (Å²) in [5, 5.41) is 15.6. The molecular formula is C47H34N2O2. The SMILES string of the molecule is Oc1cc2c(cc1-c1cccc(Oc3nc(-c4ccccn4)cc4c3ccc3cc(-c5ccccc5)ccc34)c1)CC1(Cc3ccccc3C1)C2. The fourth-order valence-electron chi connectivity index (χ4n) is 8.54. The van der Waals surface area contributed by atoms with E-state index in [0.717, 1.165) is 69.7 Å². The lowest BCUT2D eigenvalue weighted by atomic mass is 9.82. The lowest BCUT2D eigenvalue weighted by molar-refractivity contribution is 0.326. The second-order valence-electron chi connectivity index (χ2n) is 14.2. The summed E-state index contributed by atoms with van der Waals surface area (Å²) in [4.78, 5) is 9.65. The van der Waals surface area contributed by atoms with Gasteiger partial charge < -0.3 is 9.84 Å². The Morgan fingerprint density at radius 3 is 2.04 bits per heavy atom. The van der Waals surface area contributed by atoms with Gasteiger partial charge in [0.15, 0.2) is 0 Å². The van der Waals surface area contributed by atoms with E-state index in [1.54, 1.807) is 6.20 Å². The van der Waals surface area contributed by atoms with Crippen molar-refractivity contribution < 1.29 is 9.84 Å². The maximum Gasteiger partial charge on any atom is 0.227 e. The van der Waals surface area contributed by atoms with Crippen molar-refractivity contribution in [2.24, 2.45) is 5.41 Å². The number of ether oxygens (including phenoxy) is 1. The third kappa shape index (κ3) is 5.23. The van der Waals surface area contributed by atoms with Crippen molar-refractivity contribution in [2.45, 2.75) is 25.7 Å². The third-order valence-corrected chi connectivity index (χ3v) is 10.9. The van der Waals surface area contributed by atoms with Crippen LogP contribution in [0.4, 0.5) is 0 Å². The predicted octanol–water partition coefficient (Wildman–Crippen LogP) is 11.2. The zero-order chi connectivity index (χ0) is 33.9. The first-order chi connectivity index (χ1) is 25.1. The maximum atomic E-state index is 11.4. The molecule has 51 heavy (non-hydrogen) atoms. The van der Waals surface area contributed by atoms with Crippen molar-refractivity contribution in [1.82, 2.24) is 9.97 Å². The van der Waals surface area contributed by atoms with Gasteiger partial charge in [-0.1, -0.05) is 91.0 Å². The first-order valence-electron chi connectivity index (χ1n) is 17.6. The monoisotopic (exact) mass is 658 g/mol. The highest BCUT2D eigenvalue weighted by atomic mass is 16.5. The summed E-state index contributed by atoms with van der Waals surface area (Å²) in [6.45, 7) is 0. The molecular weight excluding hydrogens is 625 g/mol. The molecule has 0 atom stereocenters. The van der Waals surface area contributed by atoms with Gasteiger partial charge >= 0.3 is 0 Å². The molecule has 244 valence electrons. The average Bonchev–Trinajstić information content (AvgIpc) is 3.71. The Labute approximate surface area is 296 Å². The Bertz CT molecular complexity index is 2610. The van der Waals surface area contributed by atoms with Gasteiger partial charge in [0, 0.05) is 17.1 Å². The van der Waals surface area contributed by atoms with Crippen LogP contribution in [0.3, 0.4) is 0 Å². The van der Waals surface area contributed by atoms with Gasteiger partial charge in [-0.25, -0.2) is 4.98 Å². The lowest BCUT2D eigenvalue weighted by Crippen LogP contribution is -2.21. The molecule has 4 nitrogen and oxygen atoms in total. The van der Waals surface area contributed by atoms with Crippen molar-refractivity contribution in [1.29, 1.82) is 0 Å². The summed E-state index contributed by atoms with van der Waals surface area (Å²) in [6, 6.07) is 50.3. The second kappa shape index (κ2) is 11.7. The summed E-state index contributed by atoms with van der Waals surface area (Å²) in [6.07, 6.45) is 6.01. The number of benzene rings is 6. The standard InChI is InChI=1S/C47H34N2O2/c50-45-24-37-29-47(26-34-11-4-5-12-35(34)27-47)28-36(37)23-41(45)32-13-8-14-38(22-32)51-46-40-19-17-33-21-31(30-9-2-1-3-10-30)16-18-39(33)42(40)25-44(49-46)43-15-6-7-20-48-43/h1-25,50H,26-29H2. The molecule has 2 aromatic heterocycles. The van der Waals surface area contributed by atoms with E-state index < -0.39 is 0 Å². The van der Waals surface area contributed by atoms with Gasteiger partial charge in [-0.2, -0.15) is 0 Å². The fourth-order valence-corrected chi connectivity index (χ4v) is 8.54. The van der Waals surface area contributed by atoms with Crippen LogP contribution in [0.1, 0.15) is 22.3 Å². The highest BCUT2D eigenvalue weighted by Crippen LogP contribution is 2.49. The van der Waals surface area contributed by atoms with Gasteiger partial charge in [0.05, 0.1) is 11.4 Å². The minimum Gasteiger partial charge on any atom is -0.507 e. The van der Waals surface area contributed by atoms with E-state index in [1.807, 2.05) is 54.6 Å². The molecule has 0 fully saturated rings. The molecule has 0 saturated heterocycles. The highest BCUT2D eigenvalue weighted by molar-refractivity contribution is 6.10. The van der Waals surface area contributed by atoms with Crippen LogP contribution in [0.2, 0.25) is 0 Å². The molecule has 2 aliphatic rings. The Morgan fingerprint density at radius 1 is 0.510 bits per heavy atom. The molecule has 6 aromatic carbocycles. The van der Waals surface area contributed by atoms with Crippen molar-refractivity contribution in [3.63, 3.8) is 0 Å². The zero-order valence-electron chi connectivity index (χ0n) is 28.0. The number of hydrogen-bond donors (Lipinski definition) is 1. The van der Waals surface area contributed by atoms with E-state index in [2.05, 4.69) is 96.0 Å². The summed E-state index contributed by atoms with van der Waals surface area (Å²) in [5.41, 5.74) is 11.4. The molecule has 0 radical (unpaired) electrons.